The Bertz CT molecular complexity index is 375. The van der Waals surface area contributed by atoms with E-state index in [1.807, 2.05) is 0 Å². The third kappa shape index (κ3) is 2.48. The molecule has 0 N–H and O–H groups in total. The summed E-state index contributed by atoms with van der Waals surface area (Å²) >= 11 is 0. The second-order valence-electron chi connectivity index (χ2n) is 2.71. The molecule has 0 aliphatic carbocycles. The average Bonchev–Trinajstić information content (AvgIpc) is 2.65. The maximum absolute atomic E-state index is 11.2. The van der Waals surface area contributed by atoms with Gasteiger partial charge < -0.3 is 14.9 Å². The highest BCUT2D eigenvalue weighted by atomic mass is 16.6. The second kappa shape index (κ2) is 4.49. The summed E-state index contributed by atoms with van der Waals surface area (Å²) in [5.41, 5.74) is 0. The van der Waals surface area contributed by atoms with Crippen molar-refractivity contribution in [1.82, 2.24) is 14.8 Å². The van der Waals surface area contributed by atoms with E-state index < -0.39 is 22.9 Å². The van der Waals surface area contributed by atoms with E-state index >= 15 is 0 Å². The largest absolute Gasteiger partial charge is 0.490 e. The fourth-order valence-electron chi connectivity index (χ4n) is 0.907. The van der Waals surface area contributed by atoms with Crippen LogP contribution in [0.15, 0.2) is 6.33 Å². The fraction of sp³-hybridized carbons (Fsp3) is 0.571. The molecule has 0 saturated heterocycles. The van der Waals surface area contributed by atoms with E-state index in [9.17, 15) is 14.9 Å². The molecule has 82 valence electrons. The minimum Gasteiger partial charge on any atom is -0.464 e. The Labute approximate surface area is 85.0 Å². The molecule has 1 aromatic heterocycles. The third-order valence-corrected chi connectivity index (χ3v) is 1.68. The van der Waals surface area contributed by atoms with Crippen LogP contribution in [0.1, 0.15) is 19.9 Å². The first-order chi connectivity index (χ1) is 7.06. The highest BCUT2D eigenvalue weighted by molar-refractivity contribution is 5.73. The topological polar surface area (TPSA) is 100 Å². The average molecular weight is 214 g/mol. The quantitative estimate of drug-likeness (QED) is 0.406. The van der Waals surface area contributed by atoms with Gasteiger partial charge in [0.2, 0.25) is 6.33 Å². The SMILES string of the molecule is CCOC(=O)C(C)n1cnc([N+](=O)[O-])n1. The Kier molecular flexibility index (Phi) is 3.32. The lowest BCUT2D eigenvalue weighted by Gasteiger charge is -2.06. The van der Waals surface area contributed by atoms with Crippen LogP contribution in [0.5, 0.6) is 0 Å². The number of hydrogen-bond acceptors (Lipinski definition) is 6. The minimum atomic E-state index is -0.728. The number of carbonyl (C=O) groups is 1. The van der Waals surface area contributed by atoms with E-state index in [1.165, 1.54) is 6.92 Å². The molecule has 0 radical (unpaired) electrons. The van der Waals surface area contributed by atoms with E-state index in [1.54, 1.807) is 6.92 Å². The standard InChI is InChI=1S/C7H10N4O4/c1-3-15-6(12)5(2)10-4-8-7(9-10)11(13)14/h4-5H,3H2,1-2H3. The Morgan fingerprint density at radius 3 is 2.93 bits per heavy atom. The monoisotopic (exact) mass is 214 g/mol. The lowest BCUT2D eigenvalue weighted by Crippen LogP contribution is -2.19. The normalized spacial score (nSPS) is 12.1. The first-order valence-corrected chi connectivity index (χ1v) is 4.28. The van der Waals surface area contributed by atoms with Crippen molar-refractivity contribution in [3.63, 3.8) is 0 Å². The molecule has 1 atom stereocenters. The van der Waals surface area contributed by atoms with E-state index in [0.29, 0.717) is 0 Å². The van der Waals surface area contributed by atoms with Crippen LogP contribution in [-0.2, 0) is 9.53 Å². The van der Waals surface area contributed by atoms with Gasteiger partial charge in [-0.3, -0.25) is 0 Å². The summed E-state index contributed by atoms with van der Waals surface area (Å²) in [5, 5.41) is 13.8. The van der Waals surface area contributed by atoms with Gasteiger partial charge in [0.1, 0.15) is 0 Å². The maximum atomic E-state index is 11.2. The summed E-state index contributed by atoms with van der Waals surface area (Å²) in [6.07, 6.45) is 1.12. The van der Waals surface area contributed by atoms with Gasteiger partial charge in [0.25, 0.3) is 0 Å². The van der Waals surface area contributed by atoms with Crippen LogP contribution >= 0.6 is 0 Å². The molecule has 0 spiro atoms. The van der Waals surface area contributed by atoms with Crippen molar-refractivity contribution >= 4 is 11.9 Å². The first-order valence-electron chi connectivity index (χ1n) is 4.28. The first kappa shape index (κ1) is 11.1. The van der Waals surface area contributed by atoms with Crippen LogP contribution in [0.4, 0.5) is 5.95 Å². The number of aromatic nitrogens is 3. The highest BCUT2D eigenvalue weighted by Gasteiger charge is 2.23. The van der Waals surface area contributed by atoms with Crippen molar-refractivity contribution in [2.24, 2.45) is 0 Å². The second-order valence-corrected chi connectivity index (χ2v) is 2.71. The van der Waals surface area contributed by atoms with Gasteiger partial charge in [0.05, 0.1) is 6.61 Å². The molecule has 0 aliphatic rings. The molecule has 0 bridgehead atoms. The number of esters is 1. The zero-order valence-electron chi connectivity index (χ0n) is 8.28. The van der Waals surface area contributed by atoms with Crippen LogP contribution in [-0.4, -0.2) is 32.3 Å². The highest BCUT2D eigenvalue weighted by Crippen LogP contribution is 2.08. The number of carbonyl (C=O) groups excluding carboxylic acids is 1. The van der Waals surface area contributed by atoms with Crippen molar-refractivity contribution in [2.45, 2.75) is 19.9 Å². The number of rotatable bonds is 4. The number of hydrogen-bond donors (Lipinski definition) is 0. The van der Waals surface area contributed by atoms with Crippen molar-refractivity contribution in [3.8, 4) is 0 Å². The summed E-state index contributed by atoms with van der Waals surface area (Å²) in [6.45, 7) is 3.45. The molecular formula is C7H10N4O4. The van der Waals surface area contributed by atoms with E-state index in [2.05, 4.69) is 10.1 Å². The summed E-state index contributed by atoms with van der Waals surface area (Å²) < 4.78 is 5.82. The Hall–Kier alpha value is -1.99. The molecule has 0 saturated carbocycles. The van der Waals surface area contributed by atoms with Crippen LogP contribution in [0, 0.1) is 10.1 Å². The molecule has 0 fully saturated rings. The Morgan fingerprint density at radius 1 is 1.80 bits per heavy atom. The van der Waals surface area contributed by atoms with E-state index in [-0.39, 0.29) is 6.61 Å². The van der Waals surface area contributed by atoms with Crippen molar-refractivity contribution in [1.29, 1.82) is 0 Å². The van der Waals surface area contributed by atoms with Gasteiger partial charge in [-0.15, -0.1) is 0 Å². The Balaban J connectivity index is 2.78. The molecule has 0 amide bonds. The van der Waals surface area contributed by atoms with Gasteiger partial charge in [-0.05, 0) is 18.8 Å². The Morgan fingerprint density at radius 2 is 2.47 bits per heavy atom. The predicted octanol–water partition coefficient (Wildman–Crippen LogP) is 0.310. The number of nitro groups is 1. The minimum absolute atomic E-state index is 0.250. The van der Waals surface area contributed by atoms with Gasteiger partial charge in [-0.1, -0.05) is 4.98 Å². The lowest BCUT2D eigenvalue weighted by molar-refractivity contribution is -0.394. The summed E-state index contributed by atoms with van der Waals surface area (Å²) in [5.74, 6) is -1.04. The molecular weight excluding hydrogens is 204 g/mol. The molecule has 1 aromatic rings. The fourth-order valence-corrected chi connectivity index (χ4v) is 0.907. The van der Waals surface area contributed by atoms with Crippen molar-refractivity contribution in [2.75, 3.05) is 6.61 Å². The maximum Gasteiger partial charge on any atom is 0.490 e. The van der Waals surface area contributed by atoms with Crippen molar-refractivity contribution < 1.29 is 14.5 Å². The summed E-state index contributed by atoms with van der Waals surface area (Å²) in [4.78, 5) is 24.2. The molecule has 1 unspecified atom stereocenters. The summed E-state index contributed by atoms with van der Waals surface area (Å²) in [7, 11) is 0. The molecule has 1 heterocycles. The molecule has 8 nitrogen and oxygen atoms in total. The van der Waals surface area contributed by atoms with Gasteiger partial charge in [0.15, 0.2) is 6.04 Å². The molecule has 0 aliphatic heterocycles. The number of ether oxygens (including phenoxy) is 1. The predicted molar refractivity (Wildman–Crippen MR) is 48.0 cm³/mol. The van der Waals surface area contributed by atoms with Gasteiger partial charge in [-0.2, -0.15) is 4.68 Å². The zero-order chi connectivity index (χ0) is 11.4. The van der Waals surface area contributed by atoms with Crippen LogP contribution in [0.2, 0.25) is 0 Å². The van der Waals surface area contributed by atoms with Gasteiger partial charge >= 0.3 is 11.9 Å². The van der Waals surface area contributed by atoms with Gasteiger partial charge in [0, 0.05) is 5.10 Å². The van der Waals surface area contributed by atoms with Crippen molar-refractivity contribution in [3.05, 3.63) is 16.4 Å². The molecule has 15 heavy (non-hydrogen) atoms. The van der Waals surface area contributed by atoms with Crippen LogP contribution in [0.3, 0.4) is 0 Å². The van der Waals surface area contributed by atoms with Crippen LogP contribution in [0.25, 0.3) is 0 Å². The van der Waals surface area contributed by atoms with Crippen LogP contribution < -0.4 is 0 Å². The molecule has 0 aromatic carbocycles. The van der Waals surface area contributed by atoms with E-state index in [4.69, 9.17) is 4.74 Å². The zero-order valence-corrected chi connectivity index (χ0v) is 8.28. The summed E-state index contributed by atoms with van der Waals surface area (Å²) in [6, 6.07) is -0.717. The smallest absolute Gasteiger partial charge is 0.464 e. The molecule has 8 heteroatoms. The van der Waals surface area contributed by atoms with Gasteiger partial charge in [-0.25, -0.2) is 4.79 Å². The molecule has 1 rings (SSSR count). The lowest BCUT2D eigenvalue weighted by atomic mass is 10.3. The number of nitrogens with zero attached hydrogens (tertiary/aromatic N) is 4. The van der Waals surface area contributed by atoms with E-state index in [0.717, 1.165) is 11.0 Å². The third-order valence-electron chi connectivity index (χ3n) is 1.68.